The molecule has 0 amide bonds. The first-order chi connectivity index (χ1) is 7.62. The quantitative estimate of drug-likeness (QED) is 0.763. The van der Waals surface area contributed by atoms with E-state index in [1.165, 1.54) is 6.33 Å². The summed E-state index contributed by atoms with van der Waals surface area (Å²) in [6.45, 7) is 2.56. The van der Waals surface area contributed by atoms with Gasteiger partial charge < -0.3 is 4.74 Å². The highest BCUT2D eigenvalue weighted by atomic mass is 16.5. The summed E-state index contributed by atoms with van der Waals surface area (Å²) < 4.78 is 7.24. The molecule has 0 aliphatic carbocycles. The van der Waals surface area contributed by atoms with E-state index in [4.69, 9.17) is 4.74 Å². The van der Waals surface area contributed by atoms with Crippen LogP contribution in [0.25, 0.3) is 0 Å². The van der Waals surface area contributed by atoms with E-state index in [-0.39, 0.29) is 5.78 Å². The molecule has 1 atom stereocenters. The highest BCUT2D eigenvalue weighted by Crippen LogP contribution is 2.26. The van der Waals surface area contributed by atoms with Crippen LogP contribution in [0.3, 0.4) is 0 Å². The number of hydrogen-bond donors (Lipinski definition) is 0. The molecule has 16 heavy (non-hydrogen) atoms. The average molecular weight is 223 g/mol. The van der Waals surface area contributed by atoms with E-state index < -0.39 is 5.60 Å². The van der Waals surface area contributed by atoms with Gasteiger partial charge in [0.1, 0.15) is 17.8 Å². The normalized spacial score (nSPS) is 25.6. The fourth-order valence-corrected chi connectivity index (χ4v) is 1.96. The maximum absolute atomic E-state index is 12.1. The van der Waals surface area contributed by atoms with Gasteiger partial charge in [-0.3, -0.25) is 9.48 Å². The van der Waals surface area contributed by atoms with Crippen LogP contribution in [0.4, 0.5) is 0 Å². The number of ether oxygens (including phenoxy) is 1. The molecular formula is C11H17N3O2. The zero-order chi connectivity index (χ0) is 11.6. The topological polar surface area (TPSA) is 57.0 Å². The zero-order valence-corrected chi connectivity index (χ0v) is 9.77. The maximum Gasteiger partial charge on any atom is 0.171 e. The Balaban J connectivity index is 2.05. The molecule has 2 heterocycles. The van der Waals surface area contributed by atoms with E-state index in [1.807, 2.05) is 6.92 Å². The molecule has 1 aromatic heterocycles. The molecule has 1 aliphatic heterocycles. The Morgan fingerprint density at radius 3 is 3.00 bits per heavy atom. The van der Waals surface area contributed by atoms with E-state index in [1.54, 1.807) is 11.7 Å². The number of rotatable bonds is 3. The third kappa shape index (κ3) is 2.14. The van der Waals surface area contributed by atoms with Crippen molar-refractivity contribution in [3.63, 3.8) is 0 Å². The summed E-state index contributed by atoms with van der Waals surface area (Å²) in [4.78, 5) is 16.2. The monoisotopic (exact) mass is 223 g/mol. The molecule has 1 fully saturated rings. The van der Waals surface area contributed by atoms with Gasteiger partial charge in [-0.2, -0.15) is 5.10 Å². The van der Waals surface area contributed by atoms with Crippen LogP contribution in [-0.2, 0) is 23.0 Å². The number of carbonyl (C=O) groups excluding carboxylic acids is 1. The Morgan fingerprint density at radius 1 is 1.62 bits per heavy atom. The van der Waals surface area contributed by atoms with Crippen molar-refractivity contribution in [2.24, 2.45) is 7.05 Å². The van der Waals surface area contributed by atoms with E-state index in [0.29, 0.717) is 18.9 Å². The Bertz CT molecular complexity index is 380. The lowest BCUT2D eigenvalue weighted by Crippen LogP contribution is -2.42. The Kier molecular flexibility index (Phi) is 3.05. The van der Waals surface area contributed by atoms with Crippen molar-refractivity contribution >= 4 is 5.78 Å². The van der Waals surface area contributed by atoms with E-state index in [2.05, 4.69) is 10.1 Å². The molecule has 0 bridgehead atoms. The zero-order valence-electron chi connectivity index (χ0n) is 9.77. The largest absolute Gasteiger partial charge is 0.367 e. The number of Topliss-reactive ketones (excluding diaryl/α,β-unsaturated/α-hetero) is 1. The van der Waals surface area contributed by atoms with E-state index in [0.717, 1.165) is 19.3 Å². The summed E-state index contributed by atoms with van der Waals surface area (Å²) in [6.07, 6.45) is 4.68. The van der Waals surface area contributed by atoms with Crippen molar-refractivity contribution in [1.82, 2.24) is 14.8 Å². The minimum atomic E-state index is -0.621. The van der Waals surface area contributed by atoms with E-state index >= 15 is 0 Å². The number of aryl methyl sites for hydroxylation is 1. The molecule has 0 saturated carbocycles. The maximum atomic E-state index is 12.1. The van der Waals surface area contributed by atoms with Gasteiger partial charge in [0.25, 0.3) is 0 Å². The highest BCUT2D eigenvalue weighted by Gasteiger charge is 2.36. The molecule has 2 rings (SSSR count). The Hall–Kier alpha value is -1.23. The third-order valence-electron chi connectivity index (χ3n) is 3.18. The van der Waals surface area contributed by atoms with Gasteiger partial charge in [0.05, 0.1) is 6.42 Å². The van der Waals surface area contributed by atoms with Crippen molar-refractivity contribution < 1.29 is 9.53 Å². The molecule has 1 unspecified atom stereocenters. The van der Waals surface area contributed by atoms with Gasteiger partial charge in [-0.25, -0.2) is 4.98 Å². The van der Waals surface area contributed by atoms with Crippen LogP contribution in [0.1, 0.15) is 32.0 Å². The number of ketones is 1. The minimum Gasteiger partial charge on any atom is -0.367 e. The number of nitrogens with zero attached hydrogens (tertiary/aromatic N) is 3. The fourth-order valence-electron chi connectivity index (χ4n) is 1.96. The summed E-state index contributed by atoms with van der Waals surface area (Å²) in [5.41, 5.74) is -0.621. The van der Waals surface area contributed by atoms with Crippen LogP contribution in [0.15, 0.2) is 6.33 Å². The van der Waals surface area contributed by atoms with Crippen molar-refractivity contribution in [2.75, 3.05) is 6.61 Å². The SMILES string of the molecule is Cn1ncnc1CC(=O)C1(C)CCCCO1. The number of carbonyl (C=O) groups is 1. The molecule has 0 spiro atoms. The van der Waals surface area contributed by atoms with Gasteiger partial charge in [-0.05, 0) is 26.2 Å². The van der Waals surface area contributed by atoms with Crippen LogP contribution < -0.4 is 0 Å². The summed E-state index contributed by atoms with van der Waals surface area (Å²) in [7, 11) is 1.79. The van der Waals surface area contributed by atoms with Crippen LogP contribution in [0.2, 0.25) is 0 Å². The first-order valence-electron chi connectivity index (χ1n) is 5.62. The smallest absolute Gasteiger partial charge is 0.171 e. The first kappa shape index (κ1) is 11.3. The lowest BCUT2D eigenvalue weighted by Gasteiger charge is -2.32. The molecule has 5 heteroatoms. The number of hydrogen-bond acceptors (Lipinski definition) is 4. The lowest BCUT2D eigenvalue weighted by atomic mass is 9.90. The highest BCUT2D eigenvalue weighted by molar-refractivity contribution is 5.88. The molecule has 0 radical (unpaired) electrons. The standard InChI is InChI=1S/C11H17N3O2/c1-11(5-3-4-6-16-11)9(15)7-10-12-8-13-14(10)2/h8H,3-7H2,1-2H3. The predicted octanol–water partition coefficient (Wildman–Crippen LogP) is 0.886. The van der Waals surface area contributed by atoms with Crippen LogP contribution in [0.5, 0.6) is 0 Å². The van der Waals surface area contributed by atoms with Gasteiger partial charge in [0, 0.05) is 13.7 Å². The molecule has 88 valence electrons. The van der Waals surface area contributed by atoms with Crippen LogP contribution in [-0.4, -0.2) is 32.8 Å². The summed E-state index contributed by atoms with van der Waals surface area (Å²) in [6, 6.07) is 0. The van der Waals surface area contributed by atoms with E-state index in [9.17, 15) is 4.79 Å². The summed E-state index contributed by atoms with van der Waals surface area (Å²) in [5.74, 6) is 0.795. The van der Waals surface area contributed by atoms with Gasteiger partial charge in [0.2, 0.25) is 0 Å². The van der Waals surface area contributed by atoms with Gasteiger partial charge >= 0.3 is 0 Å². The molecule has 1 saturated heterocycles. The fraction of sp³-hybridized carbons (Fsp3) is 0.727. The van der Waals surface area contributed by atoms with Gasteiger partial charge in [-0.1, -0.05) is 0 Å². The third-order valence-corrected chi connectivity index (χ3v) is 3.18. The second kappa shape index (κ2) is 4.33. The molecule has 0 aromatic carbocycles. The van der Waals surface area contributed by atoms with Gasteiger partial charge in [-0.15, -0.1) is 0 Å². The Morgan fingerprint density at radius 2 is 2.44 bits per heavy atom. The molecule has 5 nitrogen and oxygen atoms in total. The average Bonchev–Trinajstić information content (AvgIpc) is 2.65. The van der Waals surface area contributed by atoms with Crippen LogP contribution >= 0.6 is 0 Å². The second-order valence-corrected chi connectivity index (χ2v) is 4.44. The molecule has 1 aliphatic rings. The summed E-state index contributed by atoms with van der Waals surface area (Å²) >= 11 is 0. The molecular weight excluding hydrogens is 206 g/mol. The van der Waals surface area contributed by atoms with Crippen molar-refractivity contribution in [2.45, 2.75) is 38.2 Å². The van der Waals surface area contributed by atoms with Crippen LogP contribution in [0, 0.1) is 0 Å². The molecule has 0 N–H and O–H groups in total. The van der Waals surface area contributed by atoms with Crippen molar-refractivity contribution in [1.29, 1.82) is 0 Å². The minimum absolute atomic E-state index is 0.100. The predicted molar refractivity (Wildman–Crippen MR) is 57.9 cm³/mol. The first-order valence-corrected chi connectivity index (χ1v) is 5.62. The molecule has 1 aromatic rings. The second-order valence-electron chi connectivity index (χ2n) is 4.44. The van der Waals surface area contributed by atoms with Crippen molar-refractivity contribution in [3.05, 3.63) is 12.2 Å². The summed E-state index contributed by atoms with van der Waals surface area (Å²) in [5, 5.41) is 3.95. The lowest BCUT2D eigenvalue weighted by molar-refractivity contribution is -0.147. The van der Waals surface area contributed by atoms with Crippen molar-refractivity contribution in [3.8, 4) is 0 Å². The van der Waals surface area contributed by atoms with Gasteiger partial charge in [0.15, 0.2) is 5.78 Å². The number of aromatic nitrogens is 3. The Labute approximate surface area is 94.8 Å².